The summed E-state index contributed by atoms with van der Waals surface area (Å²) < 4.78 is 10.6. The van der Waals surface area contributed by atoms with Crippen LogP contribution in [0, 0.1) is 13.8 Å². The monoisotopic (exact) mass is 864 g/mol. The molecule has 0 bridgehead atoms. The van der Waals surface area contributed by atoms with E-state index in [9.17, 15) is 9.59 Å². The van der Waals surface area contributed by atoms with Crippen LogP contribution in [0.5, 0.6) is 11.5 Å². The molecule has 0 heterocycles. The van der Waals surface area contributed by atoms with Gasteiger partial charge in [-0.1, -0.05) is 120 Å². The zero-order valence-electron chi connectivity index (χ0n) is 37.8. The third-order valence-electron chi connectivity index (χ3n) is 10.8. The first kappa shape index (κ1) is 49.1. The summed E-state index contributed by atoms with van der Waals surface area (Å²) in [6.45, 7) is 14.8. The van der Waals surface area contributed by atoms with E-state index in [1.807, 2.05) is 171 Å². The van der Waals surface area contributed by atoms with E-state index in [4.69, 9.17) is 19.5 Å². The standard InChI is InChI=1S/2C27H30N2O2.ClH/c2*1-5-29(6-2)27(30)25(21-10-8-7-9-11-21)26(22-14-12-20(3)13-15-22)28-23-16-18-24(31-4)19-17-23;/h2*7-19,25H,5-6H2,1-4H3;1H. The van der Waals surface area contributed by atoms with Gasteiger partial charge in [0.2, 0.25) is 11.8 Å². The number of aryl methyl sites for hydroxylation is 2. The van der Waals surface area contributed by atoms with Crippen molar-refractivity contribution in [2.24, 2.45) is 9.98 Å². The van der Waals surface area contributed by atoms with Crippen molar-refractivity contribution >= 4 is 47.0 Å². The molecule has 2 amide bonds. The number of benzene rings is 6. The first-order valence-electron chi connectivity index (χ1n) is 21.4. The lowest BCUT2D eigenvalue weighted by molar-refractivity contribution is -0.131. The van der Waals surface area contributed by atoms with Gasteiger partial charge in [-0.05, 0) is 112 Å². The molecular weight excluding hydrogens is 804 g/mol. The maximum atomic E-state index is 13.7. The lowest BCUT2D eigenvalue weighted by Crippen LogP contribution is -2.38. The van der Waals surface area contributed by atoms with E-state index in [1.54, 1.807) is 14.2 Å². The van der Waals surface area contributed by atoms with Crippen molar-refractivity contribution in [1.82, 2.24) is 9.80 Å². The number of likely N-dealkylation sites (N-methyl/N-ethyl adjacent to an activating group) is 2. The highest BCUT2D eigenvalue weighted by molar-refractivity contribution is 6.18. The maximum absolute atomic E-state index is 13.7. The summed E-state index contributed by atoms with van der Waals surface area (Å²) >= 11 is 0. The Morgan fingerprint density at radius 2 is 0.762 bits per heavy atom. The van der Waals surface area contributed by atoms with E-state index in [0.717, 1.165) is 56.6 Å². The minimum atomic E-state index is -0.495. The van der Waals surface area contributed by atoms with Crippen LogP contribution in [-0.4, -0.2) is 73.4 Å². The second kappa shape index (κ2) is 24.8. The number of rotatable bonds is 16. The molecular formula is C54H61ClN4O4. The number of ether oxygens (including phenoxy) is 2. The molecule has 0 saturated carbocycles. The number of hydrogen-bond acceptors (Lipinski definition) is 6. The number of carbonyl (C=O) groups excluding carboxylic acids is 2. The largest absolute Gasteiger partial charge is 0.497 e. The van der Waals surface area contributed by atoms with E-state index in [2.05, 4.69) is 38.1 Å². The molecule has 0 aromatic heterocycles. The average Bonchev–Trinajstić information content (AvgIpc) is 3.31. The van der Waals surface area contributed by atoms with Gasteiger partial charge >= 0.3 is 0 Å². The van der Waals surface area contributed by atoms with Crippen LogP contribution in [0.4, 0.5) is 11.4 Å². The molecule has 6 aromatic carbocycles. The van der Waals surface area contributed by atoms with Crippen LogP contribution in [0.1, 0.15) is 72.9 Å². The van der Waals surface area contributed by atoms with Crippen molar-refractivity contribution in [3.05, 3.63) is 191 Å². The van der Waals surface area contributed by atoms with Crippen molar-refractivity contribution < 1.29 is 19.1 Å². The first-order chi connectivity index (χ1) is 30.1. The number of carbonyl (C=O) groups is 2. The van der Waals surface area contributed by atoms with Crippen molar-refractivity contribution in [1.29, 1.82) is 0 Å². The Hall–Kier alpha value is -6.51. The Bertz CT molecular complexity index is 2190. The van der Waals surface area contributed by atoms with E-state index in [0.29, 0.717) is 26.2 Å². The van der Waals surface area contributed by atoms with Crippen molar-refractivity contribution in [3.63, 3.8) is 0 Å². The molecule has 0 spiro atoms. The van der Waals surface area contributed by atoms with Crippen LogP contribution in [0.15, 0.2) is 168 Å². The fourth-order valence-corrected chi connectivity index (χ4v) is 7.19. The summed E-state index contributed by atoms with van der Waals surface area (Å²) in [6, 6.07) is 51.4. The molecule has 0 aliphatic carbocycles. The Labute approximate surface area is 380 Å². The van der Waals surface area contributed by atoms with Crippen LogP contribution in [-0.2, 0) is 9.59 Å². The number of methoxy groups -OCH3 is 2. The lowest BCUT2D eigenvalue weighted by atomic mass is 9.88. The van der Waals surface area contributed by atoms with E-state index >= 15 is 0 Å². The van der Waals surface area contributed by atoms with Gasteiger partial charge in [-0.15, -0.1) is 12.4 Å². The molecule has 328 valence electrons. The van der Waals surface area contributed by atoms with Gasteiger partial charge in [0.05, 0.1) is 37.0 Å². The van der Waals surface area contributed by atoms with Crippen molar-refractivity contribution in [2.45, 2.75) is 53.4 Å². The molecule has 8 nitrogen and oxygen atoms in total. The van der Waals surface area contributed by atoms with Gasteiger partial charge in [0.1, 0.15) is 23.3 Å². The fraction of sp³-hybridized carbons (Fsp3) is 0.259. The van der Waals surface area contributed by atoms with Crippen LogP contribution >= 0.6 is 12.4 Å². The van der Waals surface area contributed by atoms with E-state index in [1.165, 1.54) is 11.1 Å². The van der Waals surface area contributed by atoms with Gasteiger partial charge in [0.25, 0.3) is 0 Å². The Balaban J connectivity index is 0.000000272. The maximum Gasteiger partial charge on any atom is 0.236 e. The SMILES string of the molecule is CCN(CC)C(=O)C(C(=Nc1ccc(OC)cc1)c1ccc(C)cc1)c1ccccc1.CCN(CC)C(=O)C(C(=Nc1ccc(OC)cc1)c1ccc(C)cc1)c1ccccc1.Cl. The first-order valence-corrected chi connectivity index (χ1v) is 21.4. The highest BCUT2D eigenvalue weighted by atomic mass is 35.5. The van der Waals surface area contributed by atoms with Crippen LogP contribution in [0.25, 0.3) is 0 Å². The summed E-state index contributed by atoms with van der Waals surface area (Å²) in [5, 5.41) is 0. The predicted molar refractivity (Wildman–Crippen MR) is 262 cm³/mol. The highest BCUT2D eigenvalue weighted by Crippen LogP contribution is 2.30. The summed E-state index contributed by atoms with van der Waals surface area (Å²) in [7, 11) is 3.29. The van der Waals surface area contributed by atoms with Gasteiger partial charge in [0, 0.05) is 26.2 Å². The molecule has 2 unspecified atom stereocenters. The van der Waals surface area contributed by atoms with Crippen LogP contribution < -0.4 is 9.47 Å². The summed E-state index contributed by atoms with van der Waals surface area (Å²) in [5.74, 6) is 0.675. The zero-order chi connectivity index (χ0) is 44.4. The fourth-order valence-electron chi connectivity index (χ4n) is 7.19. The molecule has 63 heavy (non-hydrogen) atoms. The lowest BCUT2D eigenvalue weighted by Gasteiger charge is -2.27. The average molecular weight is 866 g/mol. The number of halogens is 1. The Morgan fingerprint density at radius 3 is 1.03 bits per heavy atom. The third-order valence-corrected chi connectivity index (χ3v) is 10.8. The molecule has 6 rings (SSSR count). The predicted octanol–water partition coefficient (Wildman–Crippen LogP) is 12.0. The second-order valence-electron chi connectivity index (χ2n) is 14.8. The molecule has 9 heteroatoms. The third kappa shape index (κ3) is 13.2. The summed E-state index contributed by atoms with van der Waals surface area (Å²) in [4.78, 5) is 41.1. The number of amides is 2. The minimum absolute atomic E-state index is 0. The summed E-state index contributed by atoms with van der Waals surface area (Å²) in [6.07, 6.45) is 0. The number of nitrogens with zero attached hydrogens (tertiary/aromatic N) is 4. The van der Waals surface area contributed by atoms with E-state index in [-0.39, 0.29) is 24.2 Å². The van der Waals surface area contributed by atoms with Gasteiger partial charge in [-0.3, -0.25) is 19.6 Å². The zero-order valence-corrected chi connectivity index (χ0v) is 38.6. The normalized spacial score (nSPS) is 12.1. The van der Waals surface area contributed by atoms with Crippen LogP contribution in [0.2, 0.25) is 0 Å². The number of hydrogen-bond donors (Lipinski definition) is 0. The van der Waals surface area contributed by atoms with Crippen molar-refractivity contribution in [2.75, 3.05) is 40.4 Å². The molecule has 0 aliphatic heterocycles. The van der Waals surface area contributed by atoms with Gasteiger partial charge < -0.3 is 19.3 Å². The molecule has 0 saturated heterocycles. The van der Waals surface area contributed by atoms with Gasteiger partial charge in [0.15, 0.2) is 0 Å². The Morgan fingerprint density at radius 1 is 0.460 bits per heavy atom. The minimum Gasteiger partial charge on any atom is -0.497 e. The Kier molecular flexibility index (Phi) is 19.4. The smallest absolute Gasteiger partial charge is 0.236 e. The molecule has 0 radical (unpaired) electrons. The summed E-state index contributed by atoms with van der Waals surface area (Å²) in [5.41, 5.74) is 9.14. The molecule has 6 aromatic rings. The van der Waals surface area contributed by atoms with Crippen LogP contribution in [0.3, 0.4) is 0 Å². The highest BCUT2D eigenvalue weighted by Gasteiger charge is 2.32. The van der Waals surface area contributed by atoms with Gasteiger partial charge in [-0.25, -0.2) is 0 Å². The molecule has 0 fully saturated rings. The quantitative estimate of drug-likeness (QED) is 0.0907. The van der Waals surface area contributed by atoms with E-state index < -0.39 is 11.8 Å². The topological polar surface area (TPSA) is 83.8 Å². The number of aliphatic imine (C=N–C) groups is 2. The van der Waals surface area contributed by atoms with Gasteiger partial charge in [-0.2, -0.15) is 0 Å². The second-order valence-corrected chi connectivity index (χ2v) is 14.8. The molecule has 2 atom stereocenters. The molecule has 0 aliphatic rings. The van der Waals surface area contributed by atoms with Crippen molar-refractivity contribution in [3.8, 4) is 11.5 Å². The molecule has 0 N–H and O–H groups in total.